The number of benzene rings is 1. The van der Waals surface area contributed by atoms with E-state index in [0.717, 1.165) is 10.6 Å². The number of rotatable bonds is 5. The summed E-state index contributed by atoms with van der Waals surface area (Å²) in [4.78, 5) is 41.4. The quantitative estimate of drug-likeness (QED) is 0.777. The van der Waals surface area contributed by atoms with Crippen LogP contribution in [0, 0.1) is 0 Å². The van der Waals surface area contributed by atoms with Gasteiger partial charge < -0.3 is 15.3 Å². The summed E-state index contributed by atoms with van der Waals surface area (Å²) < 4.78 is 0. The van der Waals surface area contributed by atoms with Crippen LogP contribution in [0.5, 0.6) is 0 Å². The Kier molecular flexibility index (Phi) is 5.20. The fourth-order valence-electron chi connectivity index (χ4n) is 2.30. The molecule has 1 aliphatic rings. The zero-order chi connectivity index (χ0) is 17.9. The molecule has 1 aliphatic heterocycles. The third-order valence-electron chi connectivity index (χ3n) is 3.54. The van der Waals surface area contributed by atoms with E-state index in [0.29, 0.717) is 5.69 Å². The lowest BCUT2D eigenvalue weighted by atomic mass is 10.2. The molecule has 0 spiro atoms. The van der Waals surface area contributed by atoms with Crippen LogP contribution in [0.1, 0.15) is 12.5 Å². The van der Waals surface area contributed by atoms with Gasteiger partial charge in [-0.2, -0.15) is 0 Å². The molecule has 3 amide bonds. The molecule has 0 bridgehead atoms. The zero-order valence-electron chi connectivity index (χ0n) is 13.7. The maximum absolute atomic E-state index is 12.4. The van der Waals surface area contributed by atoms with Crippen molar-refractivity contribution in [1.29, 1.82) is 0 Å². The van der Waals surface area contributed by atoms with Crippen molar-refractivity contribution < 1.29 is 24.3 Å². The summed E-state index contributed by atoms with van der Waals surface area (Å²) in [7, 11) is 2.83. The molecule has 0 saturated heterocycles. The number of nitrogens with one attached hydrogen (secondary N) is 1. The minimum atomic E-state index is -0.589. The zero-order valence-corrected chi connectivity index (χ0v) is 13.7. The molecule has 0 saturated carbocycles. The normalized spacial score (nSPS) is 14.1. The molecule has 8 heteroatoms. The van der Waals surface area contributed by atoms with Gasteiger partial charge in [-0.3, -0.25) is 19.2 Å². The van der Waals surface area contributed by atoms with Crippen LogP contribution < -0.4 is 5.32 Å². The monoisotopic (exact) mass is 333 g/mol. The van der Waals surface area contributed by atoms with Crippen molar-refractivity contribution >= 4 is 23.4 Å². The summed E-state index contributed by atoms with van der Waals surface area (Å²) in [6.07, 6.45) is 0. The standard InChI is InChI=1S/C16H19N3O5/c1-10(20)17-12-6-4-11(5-7-12)8-19(24-3)15(22)13-9-18(2)16(23)14(13)21/h4-7,21H,8-9H2,1-3H3,(H,17,20). The van der Waals surface area contributed by atoms with Crippen LogP contribution >= 0.6 is 0 Å². The molecule has 1 heterocycles. The number of anilines is 1. The van der Waals surface area contributed by atoms with E-state index in [1.165, 1.54) is 26.0 Å². The minimum absolute atomic E-state index is 0.000725. The SMILES string of the molecule is CON(Cc1ccc(NC(C)=O)cc1)C(=O)C1=C(O)C(=O)N(C)C1. The molecule has 1 aromatic carbocycles. The summed E-state index contributed by atoms with van der Waals surface area (Å²) >= 11 is 0. The van der Waals surface area contributed by atoms with Gasteiger partial charge in [-0.1, -0.05) is 12.1 Å². The number of likely N-dealkylation sites (N-methyl/N-ethyl adjacent to an activating group) is 1. The number of hydrogen-bond acceptors (Lipinski definition) is 5. The predicted octanol–water partition coefficient (Wildman–Crippen LogP) is 0.819. The molecular weight excluding hydrogens is 314 g/mol. The predicted molar refractivity (Wildman–Crippen MR) is 85.6 cm³/mol. The Bertz CT molecular complexity index is 696. The van der Waals surface area contributed by atoms with Crippen LogP contribution in [-0.4, -0.2) is 53.5 Å². The fourth-order valence-corrected chi connectivity index (χ4v) is 2.30. The number of hydrogen-bond donors (Lipinski definition) is 2. The van der Waals surface area contributed by atoms with Crippen LogP contribution in [0.15, 0.2) is 35.6 Å². The average molecular weight is 333 g/mol. The number of aliphatic hydroxyl groups is 1. The Morgan fingerprint density at radius 2 is 1.96 bits per heavy atom. The summed E-state index contributed by atoms with van der Waals surface area (Å²) in [6, 6.07) is 6.90. The van der Waals surface area contributed by atoms with Crippen molar-refractivity contribution in [2.45, 2.75) is 13.5 Å². The van der Waals surface area contributed by atoms with Gasteiger partial charge in [-0.05, 0) is 17.7 Å². The maximum Gasteiger partial charge on any atom is 0.289 e. The molecule has 0 radical (unpaired) electrons. The Labute approximate surface area is 139 Å². The molecule has 24 heavy (non-hydrogen) atoms. The van der Waals surface area contributed by atoms with Gasteiger partial charge in [0.1, 0.15) is 0 Å². The molecule has 8 nitrogen and oxygen atoms in total. The number of nitrogens with zero attached hydrogens (tertiary/aromatic N) is 2. The number of aliphatic hydroxyl groups excluding tert-OH is 1. The summed E-state index contributed by atoms with van der Waals surface area (Å²) in [6.45, 7) is 1.58. The van der Waals surface area contributed by atoms with Gasteiger partial charge in [0.15, 0.2) is 5.76 Å². The van der Waals surface area contributed by atoms with Crippen LogP contribution in [0.4, 0.5) is 5.69 Å². The van der Waals surface area contributed by atoms with E-state index in [1.807, 2.05) is 0 Å². The van der Waals surface area contributed by atoms with Gasteiger partial charge in [0.05, 0.1) is 25.8 Å². The van der Waals surface area contributed by atoms with Gasteiger partial charge in [-0.25, -0.2) is 5.06 Å². The molecule has 2 rings (SSSR count). The topological polar surface area (TPSA) is 99.2 Å². The highest BCUT2D eigenvalue weighted by atomic mass is 16.7. The first-order valence-corrected chi connectivity index (χ1v) is 7.23. The molecule has 128 valence electrons. The Morgan fingerprint density at radius 3 is 2.42 bits per heavy atom. The maximum atomic E-state index is 12.4. The number of carbonyl (C=O) groups is 3. The van der Waals surface area contributed by atoms with Crippen molar-refractivity contribution in [2.75, 3.05) is 26.0 Å². The highest BCUT2D eigenvalue weighted by Gasteiger charge is 2.34. The minimum Gasteiger partial charge on any atom is -0.503 e. The molecule has 0 aromatic heterocycles. The molecule has 0 atom stereocenters. The molecule has 0 aliphatic carbocycles. The highest BCUT2D eigenvalue weighted by Crippen LogP contribution is 2.19. The number of hydroxylamine groups is 2. The summed E-state index contributed by atoms with van der Waals surface area (Å²) in [5.74, 6) is -1.88. The lowest BCUT2D eigenvalue weighted by molar-refractivity contribution is -0.174. The third-order valence-corrected chi connectivity index (χ3v) is 3.54. The molecular formula is C16H19N3O5. The van der Waals surface area contributed by atoms with Gasteiger partial charge >= 0.3 is 0 Å². The van der Waals surface area contributed by atoms with Crippen molar-refractivity contribution in [2.24, 2.45) is 0 Å². The van der Waals surface area contributed by atoms with Gasteiger partial charge in [0, 0.05) is 19.7 Å². The van der Waals surface area contributed by atoms with E-state index in [9.17, 15) is 19.5 Å². The van der Waals surface area contributed by atoms with E-state index in [2.05, 4.69) is 5.32 Å². The van der Waals surface area contributed by atoms with Crippen LogP contribution in [0.25, 0.3) is 0 Å². The first kappa shape index (κ1) is 17.5. The van der Waals surface area contributed by atoms with Crippen LogP contribution in [0.3, 0.4) is 0 Å². The Hall–Kier alpha value is -2.87. The average Bonchev–Trinajstić information content (AvgIpc) is 2.80. The second-order valence-corrected chi connectivity index (χ2v) is 5.39. The van der Waals surface area contributed by atoms with E-state index in [4.69, 9.17) is 4.84 Å². The van der Waals surface area contributed by atoms with Crippen molar-refractivity contribution in [3.63, 3.8) is 0 Å². The Morgan fingerprint density at radius 1 is 1.33 bits per heavy atom. The van der Waals surface area contributed by atoms with Crippen LogP contribution in [0.2, 0.25) is 0 Å². The van der Waals surface area contributed by atoms with Gasteiger partial charge in [0.25, 0.3) is 11.8 Å². The first-order valence-electron chi connectivity index (χ1n) is 7.23. The second kappa shape index (κ2) is 7.14. The van der Waals surface area contributed by atoms with Crippen LogP contribution in [-0.2, 0) is 25.8 Å². The molecule has 0 unspecified atom stereocenters. The van der Waals surface area contributed by atoms with E-state index >= 15 is 0 Å². The number of amides is 3. The van der Waals surface area contributed by atoms with Crippen molar-refractivity contribution in [3.05, 3.63) is 41.2 Å². The lowest BCUT2D eigenvalue weighted by Crippen LogP contribution is -2.32. The second-order valence-electron chi connectivity index (χ2n) is 5.39. The van der Waals surface area contributed by atoms with Crippen molar-refractivity contribution in [1.82, 2.24) is 9.96 Å². The summed E-state index contributed by atoms with van der Waals surface area (Å²) in [5, 5.41) is 13.5. The first-order chi connectivity index (χ1) is 11.3. The van der Waals surface area contributed by atoms with Gasteiger partial charge in [-0.15, -0.1) is 0 Å². The molecule has 1 aromatic rings. The van der Waals surface area contributed by atoms with E-state index in [1.54, 1.807) is 24.3 Å². The molecule has 0 fully saturated rings. The third kappa shape index (κ3) is 3.72. The largest absolute Gasteiger partial charge is 0.503 e. The smallest absolute Gasteiger partial charge is 0.289 e. The summed E-state index contributed by atoms with van der Waals surface area (Å²) in [5.41, 5.74) is 1.40. The van der Waals surface area contributed by atoms with Crippen molar-refractivity contribution in [3.8, 4) is 0 Å². The molecule has 2 N–H and O–H groups in total. The highest BCUT2D eigenvalue weighted by molar-refractivity contribution is 6.06. The number of carbonyl (C=O) groups excluding carboxylic acids is 3. The lowest BCUT2D eigenvalue weighted by Gasteiger charge is -2.20. The fraction of sp³-hybridized carbons (Fsp3) is 0.312. The van der Waals surface area contributed by atoms with E-state index in [-0.39, 0.29) is 24.6 Å². The van der Waals surface area contributed by atoms with Gasteiger partial charge in [0.2, 0.25) is 5.91 Å². The Balaban J connectivity index is 2.10. The van der Waals surface area contributed by atoms with E-state index < -0.39 is 17.6 Å².